The lowest BCUT2D eigenvalue weighted by molar-refractivity contribution is -0.136. The third-order valence-electron chi connectivity index (χ3n) is 3.42. The fourth-order valence-corrected chi connectivity index (χ4v) is 2.17. The van der Waals surface area contributed by atoms with Crippen LogP contribution in [0.4, 0.5) is 0 Å². The van der Waals surface area contributed by atoms with Crippen molar-refractivity contribution in [3.8, 4) is 0 Å². The van der Waals surface area contributed by atoms with Gasteiger partial charge in [0.25, 0.3) is 0 Å². The summed E-state index contributed by atoms with van der Waals surface area (Å²) in [6, 6.07) is 0.170. The second kappa shape index (κ2) is 8.12. The average molecular weight is 271 g/mol. The van der Waals surface area contributed by atoms with Crippen molar-refractivity contribution in [2.75, 3.05) is 33.4 Å². The SMILES string of the molecule is COCC(=O)N1CCC(NC(=O)CC(C)CN)CC1. The zero-order valence-corrected chi connectivity index (χ0v) is 11.9. The molecule has 0 saturated carbocycles. The molecule has 19 heavy (non-hydrogen) atoms. The summed E-state index contributed by atoms with van der Waals surface area (Å²) in [5, 5.41) is 3.01. The van der Waals surface area contributed by atoms with Crippen LogP contribution in [-0.2, 0) is 14.3 Å². The molecule has 1 aliphatic heterocycles. The van der Waals surface area contributed by atoms with Gasteiger partial charge in [-0.2, -0.15) is 0 Å². The van der Waals surface area contributed by atoms with Gasteiger partial charge >= 0.3 is 0 Å². The first kappa shape index (κ1) is 15.9. The van der Waals surface area contributed by atoms with Gasteiger partial charge in [0.2, 0.25) is 11.8 Å². The Kier molecular flexibility index (Phi) is 6.80. The number of nitrogens with one attached hydrogen (secondary N) is 1. The van der Waals surface area contributed by atoms with Crippen molar-refractivity contribution in [3.05, 3.63) is 0 Å². The third kappa shape index (κ3) is 5.57. The summed E-state index contributed by atoms with van der Waals surface area (Å²) in [5.41, 5.74) is 5.50. The number of hydrogen-bond donors (Lipinski definition) is 2. The standard InChI is InChI=1S/C13H25N3O3/c1-10(8-14)7-12(17)15-11-3-5-16(6-4-11)13(18)9-19-2/h10-11H,3-9,14H2,1-2H3,(H,15,17). The molecular weight excluding hydrogens is 246 g/mol. The van der Waals surface area contributed by atoms with Crippen LogP contribution in [0.15, 0.2) is 0 Å². The monoisotopic (exact) mass is 271 g/mol. The van der Waals surface area contributed by atoms with Gasteiger partial charge in [0, 0.05) is 32.7 Å². The number of carbonyl (C=O) groups is 2. The number of piperidine rings is 1. The van der Waals surface area contributed by atoms with E-state index in [2.05, 4.69) is 5.32 Å². The highest BCUT2D eigenvalue weighted by Gasteiger charge is 2.23. The minimum absolute atomic E-state index is 0.0176. The smallest absolute Gasteiger partial charge is 0.248 e. The van der Waals surface area contributed by atoms with E-state index < -0.39 is 0 Å². The van der Waals surface area contributed by atoms with Crippen LogP contribution in [0.1, 0.15) is 26.2 Å². The van der Waals surface area contributed by atoms with Crippen LogP contribution in [0.5, 0.6) is 0 Å². The number of ether oxygens (including phenoxy) is 1. The molecule has 0 aliphatic carbocycles. The van der Waals surface area contributed by atoms with Crippen LogP contribution in [0, 0.1) is 5.92 Å². The van der Waals surface area contributed by atoms with E-state index in [4.69, 9.17) is 10.5 Å². The number of hydrogen-bond acceptors (Lipinski definition) is 4. The fourth-order valence-electron chi connectivity index (χ4n) is 2.17. The van der Waals surface area contributed by atoms with E-state index in [-0.39, 0.29) is 30.4 Å². The molecule has 1 aliphatic rings. The molecule has 1 saturated heterocycles. The lowest BCUT2D eigenvalue weighted by Crippen LogP contribution is -2.47. The van der Waals surface area contributed by atoms with E-state index in [9.17, 15) is 9.59 Å². The van der Waals surface area contributed by atoms with Crippen LogP contribution in [0.2, 0.25) is 0 Å². The summed E-state index contributed by atoms with van der Waals surface area (Å²) in [7, 11) is 1.52. The maximum atomic E-state index is 11.7. The minimum atomic E-state index is 0.0176. The number of rotatable bonds is 6. The first-order valence-corrected chi connectivity index (χ1v) is 6.83. The molecule has 3 N–H and O–H groups in total. The summed E-state index contributed by atoms with van der Waals surface area (Å²) in [6.45, 7) is 3.98. The number of nitrogens with two attached hydrogens (primary N) is 1. The van der Waals surface area contributed by atoms with Crippen LogP contribution in [0.3, 0.4) is 0 Å². The molecule has 0 aromatic heterocycles. The van der Waals surface area contributed by atoms with Gasteiger partial charge in [-0.05, 0) is 25.3 Å². The summed E-state index contributed by atoms with van der Waals surface area (Å²) in [6.07, 6.45) is 2.08. The summed E-state index contributed by atoms with van der Waals surface area (Å²) in [5.74, 6) is 0.284. The van der Waals surface area contributed by atoms with Crippen LogP contribution in [0.25, 0.3) is 0 Å². The minimum Gasteiger partial charge on any atom is -0.375 e. The normalized spacial score (nSPS) is 18.2. The molecule has 0 aromatic rings. The highest BCUT2D eigenvalue weighted by molar-refractivity contribution is 5.78. The van der Waals surface area contributed by atoms with E-state index >= 15 is 0 Å². The Balaban J connectivity index is 2.26. The number of amides is 2. The predicted molar refractivity (Wildman–Crippen MR) is 72.5 cm³/mol. The molecular formula is C13H25N3O3. The van der Waals surface area contributed by atoms with Crippen molar-refractivity contribution >= 4 is 11.8 Å². The molecule has 1 rings (SSSR count). The van der Waals surface area contributed by atoms with Gasteiger partial charge in [-0.3, -0.25) is 9.59 Å². The summed E-state index contributed by atoms with van der Waals surface area (Å²) in [4.78, 5) is 25.1. The van der Waals surface area contributed by atoms with Gasteiger partial charge in [0.1, 0.15) is 6.61 Å². The Bertz CT molecular complexity index is 302. The van der Waals surface area contributed by atoms with Crippen molar-refractivity contribution in [3.63, 3.8) is 0 Å². The molecule has 110 valence electrons. The quantitative estimate of drug-likeness (QED) is 0.696. The molecule has 1 unspecified atom stereocenters. The predicted octanol–water partition coefficient (Wildman–Crippen LogP) is -0.275. The van der Waals surface area contributed by atoms with Gasteiger partial charge in [0.15, 0.2) is 0 Å². The first-order valence-electron chi connectivity index (χ1n) is 6.83. The average Bonchev–Trinajstić information content (AvgIpc) is 2.39. The van der Waals surface area contributed by atoms with Gasteiger partial charge in [-0.1, -0.05) is 6.92 Å². The zero-order chi connectivity index (χ0) is 14.3. The molecule has 1 heterocycles. The molecule has 6 nitrogen and oxygen atoms in total. The van der Waals surface area contributed by atoms with Crippen molar-refractivity contribution < 1.29 is 14.3 Å². The van der Waals surface area contributed by atoms with Gasteiger partial charge in [0.05, 0.1) is 0 Å². The van der Waals surface area contributed by atoms with Crippen molar-refractivity contribution in [1.82, 2.24) is 10.2 Å². The van der Waals surface area contributed by atoms with Crippen LogP contribution < -0.4 is 11.1 Å². The van der Waals surface area contributed by atoms with Gasteiger partial charge < -0.3 is 20.7 Å². The molecule has 0 spiro atoms. The van der Waals surface area contributed by atoms with Gasteiger partial charge in [-0.15, -0.1) is 0 Å². The Morgan fingerprint density at radius 2 is 2.05 bits per heavy atom. The number of nitrogens with zero attached hydrogens (tertiary/aromatic N) is 1. The Morgan fingerprint density at radius 1 is 1.42 bits per heavy atom. The van der Waals surface area contributed by atoms with Crippen LogP contribution >= 0.6 is 0 Å². The third-order valence-corrected chi connectivity index (χ3v) is 3.42. The maximum Gasteiger partial charge on any atom is 0.248 e. The molecule has 0 bridgehead atoms. The summed E-state index contributed by atoms with van der Waals surface area (Å²) < 4.78 is 4.83. The fraction of sp³-hybridized carbons (Fsp3) is 0.846. The number of methoxy groups -OCH3 is 1. The van der Waals surface area contributed by atoms with E-state index in [1.807, 2.05) is 6.92 Å². The molecule has 0 radical (unpaired) electrons. The van der Waals surface area contributed by atoms with E-state index in [1.165, 1.54) is 7.11 Å². The highest BCUT2D eigenvalue weighted by atomic mass is 16.5. The Labute approximate surface area is 114 Å². The topological polar surface area (TPSA) is 84.7 Å². The molecule has 1 atom stereocenters. The Hall–Kier alpha value is -1.14. The molecule has 6 heteroatoms. The Morgan fingerprint density at radius 3 is 2.58 bits per heavy atom. The lowest BCUT2D eigenvalue weighted by Gasteiger charge is -2.32. The molecule has 1 fully saturated rings. The molecule has 2 amide bonds. The highest BCUT2D eigenvalue weighted by Crippen LogP contribution is 2.11. The van der Waals surface area contributed by atoms with Crippen LogP contribution in [-0.4, -0.2) is 56.1 Å². The summed E-state index contributed by atoms with van der Waals surface area (Å²) >= 11 is 0. The second-order valence-corrected chi connectivity index (χ2v) is 5.20. The van der Waals surface area contributed by atoms with Crippen molar-refractivity contribution in [2.45, 2.75) is 32.2 Å². The van der Waals surface area contributed by atoms with E-state index in [0.29, 0.717) is 26.1 Å². The largest absolute Gasteiger partial charge is 0.375 e. The molecule has 0 aromatic carbocycles. The van der Waals surface area contributed by atoms with Gasteiger partial charge in [-0.25, -0.2) is 0 Å². The number of likely N-dealkylation sites (tertiary alicyclic amines) is 1. The zero-order valence-electron chi connectivity index (χ0n) is 11.9. The lowest BCUT2D eigenvalue weighted by atomic mass is 10.0. The number of carbonyl (C=O) groups excluding carboxylic acids is 2. The van der Waals surface area contributed by atoms with Crippen molar-refractivity contribution in [2.24, 2.45) is 11.7 Å². The van der Waals surface area contributed by atoms with E-state index in [1.54, 1.807) is 4.90 Å². The second-order valence-electron chi connectivity index (χ2n) is 5.20. The first-order chi connectivity index (χ1) is 9.06. The maximum absolute atomic E-state index is 11.7. The van der Waals surface area contributed by atoms with Crippen molar-refractivity contribution in [1.29, 1.82) is 0 Å². The van der Waals surface area contributed by atoms with E-state index in [0.717, 1.165) is 12.8 Å².